The second-order valence-electron chi connectivity index (χ2n) is 5.51. The van der Waals surface area contributed by atoms with Gasteiger partial charge in [-0.3, -0.25) is 4.79 Å². The SMILES string of the molecule is Cc1nc2ccc(/C=C3/SC(=Nc4c(F)cccc4F)NC3=O)cc2o1. The summed E-state index contributed by atoms with van der Waals surface area (Å²) in [5.41, 5.74) is 1.65. The minimum absolute atomic E-state index is 0.113. The van der Waals surface area contributed by atoms with Crippen LogP contribution in [0.15, 0.2) is 50.7 Å². The number of benzene rings is 2. The number of nitrogens with zero attached hydrogens (tertiary/aromatic N) is 2. The summed E-state index contributed by atoms with van der Waals surface area (Å²) in [7, 11) is 0. The molecule has 8 heteroatoms. The van der Waals surface area contributed by atoms with Crippen LogP contribution in [0.4, 0.5) is 14.5 Å². The summed E-state index contributed by atoms with van der Waals surface area (Å²) >= 11 is 1.01. The van der Waals surface area contributed by atoms with Crippen molar-refractivity contribution in [1.82, 2.24) is 10.3 Å². The molecule has 1 aliphatic rings. The highest BCUT2D eigenvalue weighted by Crippen LogP contribution is 2.30. The Morgan fingerprint density at radius 1 is 1.23 bits per heavy atom. The van der Waals surface area contributed by atoms with E-state index in [1.54, 1.807) is 31.2 Å². The fraction of sp³-hybridized carbons (Fsp3) is 0.0556. The molecule has 0 bridgehead atoms. The third-order valence-electron chi connectivity index (χ3n) is 3.62. The molecule has 0 aliphatic carbocycles. The van der Waals surface area contributed by atoms with Gasteiger partial charge in [0, 0.05) is 6.92 Å². The summed E-state index contributed by atoms with van der Waals surface area (Å²) < 4.78 is 32.9. The van der Waals surface area contributed by atoms with E-state index in [1.807, 2.05) is 0 Å². The highest BCUT2D eigenvalue weighted by atomic mass is 32.2. The van der Waals surface area contributed by atoms with Crippen LogP contribution in [-0.4, -0.2) is 16.1 Å². The van der Waals surface area contributed by atoms with Gasteiger partial charge in [-0.05, 0) is 47.7 Å². The van der Waals surface area contributed by atoms with Crippen molar-refractivity contribution in [2.45, 2.75) is 6.92 Å². The zero-order valence-electron chi connectivity index (χ0n) is 13.4. The van der Waals surface area contributed by atoms with E-state index < -0.39 is 17.3 Å². The van der Waals surface area contributed by atoms with Crippen molar-refractivity contribution in [1.29, 1.82) is 0 Å². The Hall–Kier alpha value is -3.00. The van der Waals surface area contributed by atoms with E-state index in [1.165, 1.54) is 6.07 Å². The number of thioether (sulfide) groups is 1. The zero-order chi connectivity index (χ0) is 18.3. The monoisotopic (exact) mass is 371 g/mol. The molecule has 0 spiro atoms. The van der Waals surface area contributed by atoms with Crippen LogP contribution in [0.25, 0.3) is 17.2 Å². The molecule has 2 heterocycles. The van der Waals surface area contributed by atoms with Gasteiger partial charge < -0.3 is 9.73 Å². The van der Waals surface area contributed by atoms with Gasteiger partial charge in [0.15, 0.2) is 28.3 Å². The molecular weight excluding hydrogens is 360 g/mol. The molecule has 1 N–H and O–H groups in total. The van der Waals surface area contributed by atoms with Crippen molar-refractivity contribution >= 4 is 45.7 Å². The molecule has 1 aromatic heterocycles. The molecule has 0 atom stereocenters. The van der Waals surface area contributed by atoms with E-state index >= 15 is 0 Å². The molecule has 0 unspecified atom stereocenters. The Kier molecular flexibility index (Phi) is 4.04. The van der Waals surface area contributed by atoms with E-state index in [2.05, 4.69) is 15.3 Å². The topological polar surface area (TPSA) is 67.5 Å². The molecule has 1 amide bonds. The van der Waals surface area contributed by atoms with Crippen LogP contribution >= 0.6 is 11.8 Å². The average molecular weight is 371 g/mol. The lowest BCUT2D eigenvalue weighted by Gasteiger charge is -1.99. The van der Waals surface area contributed by atoms with Gasteiger partial charge in [-0.15, -0.1) is 0 Å². The van der Waals surface area contributed by atoms with Gasteiger partial charge in [-0.25, -0.2) is 18.8 Å². The largest absolute Gasteiger partial charge is 0.441 e. The van der Waals surface area contributed by atoms with Crippen LogP contribution in [0.2, 0.25) is 0 Å². The lowest BCUT2D eigenvalue weighted by atomic mass is 10.2. The second-order valence-corrected chi connectivity index (χ2v) is 6.54. The van der Waals surface area contributed by atoms with Gasteiger partial charge in [0.1, 0.15) is 11.2 Å². The Labute approximate surface area is 150 Å². The molecule has 2 aromatic carbocycles. The van der Waals surface area contributed by atoms with Gasteiger partial charge >= 0.3 is 0 Å². The number of oxazole rings is 1. The van der Waals surface area contributed by atoms with E-state index in [4.69, 9.17) is 4.42 Å². The number of aromatic nitrogens is 1. The first-order valence-electron chi connectivity index (χ1n) is 7.60. The molecule has 4 rings (SSSR count). The number of halogens is 2. The van der Waals surface area contributed by atoms with Crippen LogP contribution in [0.5, 0.6) is 0 Å². The molecular formula is C18H11F2N3O2S. The van der Waals surface area contributed by atoms with Gasteiger partial charge in [0.25, 0.3) is 5.91 Å². The number of hydrogen-bond acceptors (Lipinski definition) is 5. The number of nitrogens with one attached hydrogen (secondary N) is 1. The van der Waals surface area contributed by atoms with Crippen molar-refractivity contribution in [2.75, 3.05) is 0 Å². The van der Waals surface area contributed by atoms with Crippen LogP contribution in [0.3, 0.4) is 0 Å². The molecule has 1 fully saturated rings. The minimum atomic E-state index is -0.795. The molecule has 130 valence electrons. The van der Waals surface area contributed by atoms with Crippen molar-refractivity contribution in [3.8, 4) is 0 Å². The lowest BCUT2D eigenvalue weighted by Crippen LogP contribution is -2.19. The predicted octanol–water partition coefficient (Wildman–Crippen LogP) is 4.31. The van der Waals surface area contributed by atoms with Gasteiger partial charge in [-0.2, -0.15) is 0 Å². The van der Waals surface area contributed by atoms with Gasteiger partial charge in [-0.1, -0.05) is 12.1 Å². The molecule has 0 saturated carbocycles. The minimum Gasteiger partial charge on any atom is -0.441 e. The van der Waals surface area contributed by atoms with Gasteiger partial charge in [0.05, 0.1) is 4.91 Å². The third-order valence-corrected chi connectivity index (χ3v) is 4.53. The quantitative estimate of drug-likeness (QED) is 0.682. The smallest absolute Gasteiger partial charge is 0.264 e. The van der Waals surface area contributed by atoms with E-state index in [-0.39, 0.29) is 11.1 Å². The number of aryl methyl sites for hydroxylation is 1. The first-order chi connectivity index (χ1) is 12.5. The predicted molar refractivity (Wildman–Crippen MR) is 95.9 cm³/mol. The number of fused-ring (bicyclic) bond motifs is 1. The molecule has 0 radical (unpaired) electrons. The number of amidine groups is 1. The summed E-state index contributed by atoms with van der Waals surface area (Å²) in [5.74, 6) is -1.43. The highest BCUT2D eigenvalue weighted by molar-refractivity contribution is 8.18. The highest BCUT2D eigenvalue weighted by Gasteiger charge is 2.24. The summed E-state index contributed by atoms with van der Waals surface area (Å²) in [6, 6.07) is 8.82. The number of carbonyl (C=O) groups excluding carboxylic acids is 1. The molecule has 1 aliphatic heterocycles. The summed E-state index contributed by atoms with van der Waals surface area (Å²) in [5, 5.41) is 2.62. The fourth-order valence-electron chi connectivity index (χ4n) is 2.48. The first kappa shape index (κ1) is 16.5. The Balaban J connectivity index is 1.64. The van der Waals surface area contributed by atoms with Gasteiger partial charge in [0.2, 0.25) is 0 Å². The maximum absolute atomic E-state index is 13.7. The number of hydrogen-bond donors (Lipinski definition) is 1. The number of para-hydroxylation sites is 1. The Morgan fingerprint density at radius 3 is 2.77 bits per heavy atom. The van der Waals surface area contributed by atoms with E-state index in [0.717, 1.165) is 35.0 Å². The van der Waals surface area contributed by atoms with E-state index in [9.17, 15) is 13.6 Å². The summed E-state index contributed by atoms with van der Waals surface area (Å²) in [4.78, 5) is 20.6. The summed E-state index contributed by atoms with van der Waals surface area (Å²) in [6.07, 6.45) is 1.65. The Morgan fingerprint density at radius 2 is 2.00 bits per heavy atom. The number of rotatable bonds is 2. The fourth-order valence-corrected chi connectivity index (χ4v) is 3.30. The van der Waals surface area contributed by atoms with Crippen LogP contribution in [-0.2, 0) is 4.79 Å². The van der Waals surface area contributed by atoms with Crippen LogP contribution < -0.4 is 5.32 Å². The number of aliphatic imine (C=N–C) groups is 1. The average Bonchev–Trinajstić information content (AvgIpc) is 3.12. The number of amides is 1. The standard InChI is InChI=1S/C18H11F2N3O2S/c1-9-21-13-6-5-10(7-14(13)25-9)8-15-17(24)23-18(26-15)22-16-11(19)3-2-4-12(16)20/h2-8H,1H3,(H,22,23,24)/b15-8+. The van der Waals surface area contributed by atoms with E-state index in [0.29, 0.717) is 16.4 Å². The van der Waals surface area contributed by atoms with Crippen molar-refractivity contribution in [2.24, 2.45) is 4.99 Å². The molecule has 26 heavy (non-hydrogen) atoms. The van der Waals surface area contributed by atoms with Crippen molar-refractivity contribution in [3.05, 3.63) is 64.4 Å². The lowest BCUT2D eigenvalue weighted by molar-refractivity contribution is -0.115. The van der Waals surface area contributed by atoms with Crippen LogP contribution in [0, 0.1) is 18.6 Å². The zero-order valence-corrected chi connectivity index (χ0v) is 14.2. The van der Waals surface area contributed by atoms with Crippen molar-refractivity contribution in [3.63, 3.8) is 0 Å². The van der Waals surface area contributed by atoms with Crippen molar-refractivity contribution < 1.29 is 18.0 Å². The maximum Gasteiger partial charge on any atom is 0.264 e. The normalized spacial score (nSPS) is 17.4. The molecule has 1 saturated heterocycles. The number of carbonyl (C=O) groups is 1. The molecule has 5 nitrogen and oxygen atoms in total. The Bertz CT molecular complexity index is 1080. The maximum atomic E-state index is 13.7. The van der Waals surface area contributed by atoms with Crippen LogP contribution in [0.1, 0.15) is 11.5 Å². The summed E-state index contributed by atoms with van der Waals surface area (Å²) in [6.45, 7) is 1.75. The third kappa shape index (κ3) is 3.11. The first-order valence-corrected chi connectivity index (χ1v) is 8.42. The molecule has 3 aromatic rings. The second kappa shape index (κ2) is 6.38.